The van der Waals surface area contributed by atoms with Crippen LogP contribution >= 0.6 is 24.8 Å². The van der Waals surface area contributed by atoms with Gasteiger partial charge in [-0.25, -0.2) is 0 Å². The number of amides is 1. The fraction of sp³-hybridized carbons (Fsp3) is 0.632. The number of nitrogens with one attached hydrogen (secondary N) is 1. The van der Waals surface area contributed by atoms with Crippen LogP contribution in [0.25, 0.3) is 0 Å². The van der Waals surface area contributed by atoms with Crippen LogP contribution in [-0.4, -0.2) is 24.0 Å². The predicted molar refractivity (Wildman–Crippen MR) is 109 cm³/mol. The second kappa shape index (κ2) is 9.77. The van der Waals surface area contributed by atoms with Gasteiger partial charge in [0.05, 0.1) is 0 Å². The van der Waals surface area contributed by atoms with E-state index >= 15 is 0 Å². The van der Waals surface area contributed by atoms with Crippen molar-refractivity contribution in [1.29, 1.82) is 0 Å². The molecular formula is C19H31Cl2N3O. The lowest BCUT2D eigenvalue weighted by Crippen LogP contribution is -2.47. The third kappa shape index (κ3) is 4.88. The van der Waals surface area contributed by atoms with Gasteiger partial charge < -0.3 is 16.0 Å². The summed E-state index contributed by atoms with van der Waals surface area (Å²) in [6.45, 7) is 4.10. The summed E-state index contributed by atoms with van der Waals surface area (Å²) in [6.07, 6.45) is 6.07. The average molecular weight is 388 g/mol. The number of nitrogens with zero attached hydrogens (tertiary/aromatic N) is 1. The lowest BCUT2D eigenvalue weighted by molar-refractivity contribution is -0.118. The van der Waals surface area contributed by atoms with Crippen molar-refractivity contribution in [3.63, 3.8) is 0 Å². The first-order chi connectivity index (χ1) is 11.1. The molecule has 6 heteroatoms. The Morgan fingerprint density at radius 2 is 1.84 bits per heavy atom. The van der Waals surface area contributed by atoms with Crippen molar-refractivity contribution in [3.05, 3.63) is 29.8 Å². The van der Waals surface area contributed by atoms with Crippen LogP contribution in [0, 0.1) is 0 Å². The van der Waals surface area contributed by atoms with E-state index in [1.54, 1.807) is 0 Å². The topological polar surface area (TPSA) is 58.4 Å². The lowest BCUT2D eigenvalue weighted by Gasteiger charge is -2.41. The molecule has 1 aliphatic carbocycles. The van der Waals surface area contributed by atoms with Crippen molar-refractivity contribution in [2.24, 2.45) is 5.73 Å². The highest BCUT2D eigenvalue weighted by atomic mass is 35.5. The normalized spacial score (nSPS) is 28.4. The number of halogens is 2. The Morgan fingerprint density at radius 1 is 1.20 bits per heavy atom. The number of para-hydroxylation sites is 1. The van der Waals surface area contributed by atoms with Crippen LogP contribution in [0.2, 0.25) is 0 Å². The second-order valence-corrected chi connectivity index (χ2v) is 7.09. The van der Waals surface area contributed by atoms with Crippen molar-refractivity contribution in [3.8, 4) is 0 Å². The molecule has 1 aliphatic heterocycles. The monoisotopic (exact) mass is 387 g/mol. The molecule has 1 aromatic carbocycles. The lowest BCUT2D eigenvalue weighted by atomic mass is 9.87. The Labute approximate surface area is 163 Å². The third-order valence-electron chi connectivity index (χ3n) is 5.37. The Kier molecular flexibility index (Phi) is 8.69. The number of rotatable bonds is 3. The first kappa shape index (κ1) is 22.2. The molecule has 0 saturated heterocycles. The van der Waals surface area contributed by atoms with Gasteiger partial charge in [0.25, 0.3) is 0 Å². The third-order valence-corrected chi connectivity index (χ3v) is 5.37. The number of carbonyl (C=O) groups is 1. The number of benzene rings is 1. The van der Waals surface area contributed by atoms with Gasteiger partial charge >= 0.3 is 0 Å². The van der Waals surface area contributed by atoms with Gasteiger partial charge in [0.1, 0.15) is 0 Å². The van der Waals surface area contributed by atoms with Crippen LogP contribution < -0.4 is 16.0 Å². The van der Waals surface area contributed by atoms with Crippen LogP contribution in [0.3, 0.4) is 0 Å². The van der Waals surface area contributed by atoms with Crippen LogP contribution in [-0.2, 0) is 4.79 Å². The summed E-state index contributed by atoms with van der Waals surface area (Å²) in [6, 6.07) is 9.87. The molecule has 1 unspecified atom stereocenters. The fourth-order valence-corrected chi connectivity index (χ4v) is 4.09. The van der Waals surface area contributed by atoms with Gasteiger partial charge in [0.2, 0.25) is 5.91 Å². The molecule has 1 fully saturated rings. The van der Waals surface area contributed by atoms with Crippen LogP contribution in [0.15, 0.2) is 24.3 Å². The zero-order valence-electron chi connectivity index (χ0n) is 15.1. The van der Waals surface area contributed by atoms with Crippen molar-refractivity contribution in [2.45, 2.75) is 76.5 Å². The molecule has 1 aromatic rings. The Hall–Kier alpha value is -0.810. The maximum atomic E-state index is 12.4. The molecule has 0 spiro atoms. The highest BCUT2D eigenvalue weighted by Crippen LogP contribution is 2.38. The first-order valence-electron chi connectivity index (χ1n) is 9.02. The van der Waals surface area contributed by atoms with E-state index in [0.717, 1.165) is 37.8 Å². The highest BCUT2D eigenvalue weighted by Gasteiger charge is 2.34. The van der Waals surface area contributed by atoms with Gasteiger partial charge in [-0.1, -0.05) is 25.1 Å². The SMILES string of the molecule is CCC(=O)N1c2ccccc2[C@H](NC2CCC(N)CC2)CC1C.Cl.Cl. The quantitative estimate of drug-likeness (QED) is 0.824. The first-order valence-corrected chi connectivity index (χ1v) is 9.02. The van der Waals surface area contributed by atoms with E-state index in [-0.39, 0.29) is 36.8 Å². The molecule has 1 saturated carbocycles. The van der Waals surface area contributed by atoms with Crippen molar-refractivity contribution in [1.82, 2.24) is 5.32 Å². The number of hydrogen-bond donors (Lipinski definition) is 2. The zero-order valence-corrected chi connectivity index (χ0v) is 16.7. The summed E-state index contributed by atoms with van der Waals surface area (Å²) in [5.41, 5.74) is 8.38. The smallest absolute Gasteiger partial charge is 0.226 e. The molecule has 0 aromatic heterocycles. The molecule has 1 amide bonds. The molecular weight excluding hydrogens is 357 g/mol. The molecule has 2 atom stereocenters. The summed E-state index contributed by atoms with van der Waals surface area (Å²) in [4.78, 5) is 14.4. The molecule has 0 bridgehead atoms. The number of carbonyl (C=O) groups excluding carboxylic acids is 1. The molecule has 2 aliphatic rings. The van der Waals surface area contributed by atoms with E-state index in [9.17, 15) is 4.79 Å². The minimum atomic E-state index is 0. The molecule has 4 nitrogen and oxygen atoms in total. The van der Waals surface area contributed by atoms with Gasteiger partial charge in [-0.15, -0.1) is 24.8 Å². The van der Waals surface area contributed by atoms with Crippen molar-refractivity contribution < 1.29 is 4.79 Å². The van der Waals surface area contributed by atoms with E-state index in [0.29, 0.717) is 24.5 Å². The Balaban J connectivity index is 0.00000156. The largest absolute Gasteiger partial charge is 0.328 e. The minimum absolute atomic E-state index is 0. The second-order valence-electron chi connectivity index (χ2n) is 7.09. The summed E-state index contributed by atoms with van der Waals surface area (Å²) < 4.78 is 0. The number of fused-ring (bicyclic) bond motifs is 1. The van der Waals surface area contributed by atoms with Gasteiger partial charge in [-0.3, -0.25) is 4.79 Å². The van der Waals surface area contributed by atoms with Crippen molar-refractivity contribution >= 4 is 36.4 Å². The van der Waals surface area contributed by atoms with Gasteiger partial charge in [0, 0.05) is 36.3 Å². The van der Waals surface area contributed by atoms with E-state index < -0.39 is 0 Å². The fourth-order valence-electron chi connectivity index (χ4n) is 4.09. The van der Waals surface area contributed by atoms with Crippen molar-refractivity contribution in [2.75, 3.05) is 4.90 Å². The zero-order chi connectivity index (χ0) is 16.4. The van der Waals surface area contributed by atoms with E-state index in [1.165, 1.54) is 5.56 Å². The minimum Gasteiger partial charge on any atom is -0.328 e. The number of hydrogen-bond acceptors (Lipinski definition) is 3. The van der Waals surface area contributed by atoms with Crippen LogP contribution in [0.5, 0.6) is 0 Å². The Morgan fingerprint density at radius 3 is 2.48 bits per heavy atom. The molecule has 0 radical (unpaired) electrons. The predicted octanol–water partition coefficient (Wildman–Crippen LogP) is 3.97. The van der Waals surface area contributed by atoms with Gasteiger partial charge in [-0.2, -0.15) is 0 Å². The average Bonchev–Trinajstić information content (AvgIpc) is 2.56. The van der Waals surface area contributed by atoms with Crippen LogP contribution in [0.1, 0.15) is 64.0 Å². The maximum absolute atomic E-state index is 12.4. The summed E-state index contributed by atoms with van der Waals surface area (Å²) in [7, 11) is 0. The number of anilines is 1. The molecule has 3 N–H and O–H groups in total. The molecule has 142 valence electrons. The van der Waals surface area contributed by atoms with Gasteiger partial charge in [0.15, 0.2) is 0 Å². The number of nitrogens with two attached hydrogens (primary N) is 1. The summed E-state index contributed by atoms with van der Waals surface area (Å²) in [5.74, 6) is 0.215. The standard InChI is InChI=1S/C19H29N3O.2ClH/c1-3-19(23)22-13(2)12-17(16-6-4-5-7-18(16)22)21-15-10-8-14(20)9-11-15;;/h4-7,13-15,17,21H,3,8-12,20H2,1-2H3;2*1H/t13?,14?,15?,17-;;/m1../s1. The summed E-state index contributed by atoms with van der Waals surface area (Å²) >= 11 is 0. The molecule has 25 heavy (non-hydrogen) atoms. The Bertz CT molecular complexity index is 561. The van der Waals surface area contributed by atoms with E-state index in [1.807, 2.05) is 17.9 Å². The van der Waals surface area contributed by atoms with E-state index in [2.05, 4.69) is 30.4 Å². The highest BCUT2D eigenvalue weighted by molar-refractivity contribution is 5.95. The van der Waals surface area contributed by atoms with Gasteiger partial charge in [-0.05, 0) is 50.7 Å². The van der Waals surface area contributed by atoms with E-state index in [4.69, 9.17) is 5.73 Å². The summed E-state index contributed by atoms with van der Waals surface area (Å²) in [5, 5.41) is 3.85. The molecule has 3 rings (SSSR count). The maximum Gasteiger partial charge on any atom is 0.226 e. The molecule has 1 heterocycles. The van der Waals surface area contributed by atoms with Crippen LogP contribution in [0.4, 0.5) is 5.69 Å².